The predicted molar refractivity (Wildman–Crippen MR) is 118 cm³/mol. The van der Waals surface area contributed by atoms with Gasteiger partial charge in [0.2, 0.25) is 11.7 Å². The molecule has 1 fully saturated rings. The molecule has 1 aliphatic heterocycles. The van der Waals surface area contributed by atoms with Crippen molar-refractivity contribution in [1.82, 2.24) is 10.2 Å². The Morgan fingerprint density at radius 1 is 1.07 bits per heavy atom. The molecule has 0 aliphatic carbocycles. The molecule has 1 atom stereocenters. The molecule has 2 amide bonds. The van der Waals surface area contributed by atoms with Crippen molar-refractivity contribution in [3.05, 3.63) is 17.7 Å². The van der Waals surface area contributed by atoms with Crippen LogP contribution in [0, 0.1) is 5.41 Å². The van der Waals surface area contributed by atoms with Crippen LogP contribution in [-0.2, 0) is 4.79 Å². The number of ether oxygens (including phenoxy) is 3. The molecule has 1 aromatic carbocycles. The van der Waals surface area contributed by atoms with E-state index in [2.05, 4.69) is 5.32 Å². The van der Waals surface area contributed by atoms with Crippen LogP contribution in [0.15, 0.2) is 12.1 Å². The van der Waals surface area contributed by atoms with Crippen molar-refractivity contribution >= 4 is 24.2 Å². The zero-order chi connectivity index (χ0) is 21.8. The van der Waals surface area contributed by atoms with Gasteiger partial charge in [-0.15, -0.1) is 12.4 Å². The number of piperidine rings is 1. The van der Waals surface area contributed by atoms with Crippen LogP contribution >= 0.6 is 12.4 Å². The average molecular weight is 444 g/mol. The van der Waals surface area contributed by atoms with Gasteiger partial charge in [-0.2, -0.15) is 0 Å². The molecule has 0 aromatic heterocycles. The van der Waals surface area contributed by atoms with Gasteiger partial charge < -0.3 is 30.2 Å². The van der Waals surface area contributed by atoms with Gasteiger partial charge in [0.25, 0.3) is 5.91 Å². The Bertz CT molecular complexity index is 718. The number of hydrogen-bond donors (Lipinski definition) is 2. The number of amides is 2. The summed E-state index contributed by atoms with van der Waals surface area (Å²) < 4.78 is 15.9. The summed E-state index contributed by atoms with van der Waals surface area (Å²) in [7, 11) is 4.53. The van der Waals surface area contributed by atoms with E-state index in [9.17, 15) is 9.59 Å². The number of nitrogens with two attached hydrogens (primary N) is 1. The topological polar surface area (TPSA) is 103 Å². The fourth-order valence-electron chi connectivity index (χ4n) is 3.29. The minimum absolute atomic E-state index is 0. The molecule has 2 rings (SSSR count). The SMILES string of the molecule is COc1cc(C(=O)NC2CCN(C(=O)C(N)C(C)(C)C)CC2)cc(OC)c1OC.Cl. The van der Waals surface area contributed by atoms with Crippen LogP contribution in [0.3, 0.4) is 0 Å². The number of methoxy groups -OCH3 is 3. The summed E-state index contributed by atoms with van der Waals surface area (Å²) in [5.41, 5.74) is 6.24. The van der Waals surface area contributed by atoms with Crippen molar-refractivity contribution in [3.8, 4) is 17.2 Å². The Hall–Kier alpha value is -2.19. The average Bonchev–Trinajstić information content (AvgIpc) is 2.71. The molecule has 170 valence electrons. The van der Waals surface area contributed by atoms with Crippen molar-refractivity contribution in [2.24, 2.45) is 11.1 Å². The van der Waals surface area contributed by atoms with Crippen molar-refractivity contribution in [2.45, 2.75) is 45.7 Å². The second kappa shape index (κ2) is 10.7. The summed E-state index contributed by atoms with van der Waals surface area (Å²) in [6.07, 6.45) is 1.36. The first-order valence-corrected chi connectivity index (χ1v) is 9.77. The summed E-state index contributed by atoms with van der Waals surface area (Å²) >= 11 is 0. The minimum atomic E-state index is -0.534. The molecule has 0 radical (unpaired) electrons. The molecule has 8 nitrogen and oxygen atoms in total. The van der Waals surface area contributed by atoms with E-state index in [0.717, 1.165) is 0 Å². The van der Waals surface area contributed by atoms with E-state index in [1.165, 1.54) is 21.3 Å². The van der Waals surface area contributed by atoms with Gasteiger partial charge in [-0.05, 0) is 30.4 Å². The number of nitrogens with zero attached hydrogens (tertiary/aromatic N) is 1. The van der Waals surface area contributed by atoms with Crippen LogP contribution in [0.2, 0.25) is 0 Å². The highest BCUT2D eigenvalue weighted by molar-refractivity contribution is 5.95. The quantitative estimate of drug-likeness (QED) is 0.698. The van der Waals surface area contributed by atoms with Gasteiger partial charge in [-0.3, -0.25) is 9.59 Å². The maximum atomic E-state index is 12.7. The molecule has 0 spiro atoms. The number of likely N-dealkylation sites (tertiary alicyclic amines) is 1. The van der Waals surface area contributed by atoms with Crippen LogP contribution in [0.4, 0.5) is 0 Å². The molecule has 1 aliphatic rings. The maximum Gasteiger partial charge on any atom is 0.251 e. The van der Waals surface area contributed by atoms with Crippen LogP contribution in [-0.4, -0.2) is 63.2 Å². The Morgan fingerprint density at radius 2 is 1.57 bits per heavy atom. The van der Waals surface area contributed by atoms with E-state index in [0.29, 0.717) is 48.7 Å². The highest BCUT2D eigenvalue weighted by atomic mass is 35.5. The van der Waals surface area contributed by atoms with E-state index in [-0.39, 0.29) is 35.7 Å². The fourth-order valence-corrected chi connectivity index (χ4v) is 3.29. The summed E-state index contributed by atoms with van der Waals surface area (Å²) in [4.78, 5) is 27.1. The summed E-state index contributed by atoms with van der Waals surface area (Å²) in [5.74, 6) is 1.03. The Kier molecular flexibility index (Phi) is 9.24. The fraction of sp³-hybridized carbons (Fsp3) is 0.619. The first-order chi connectivity index (χ1) is 13.6. The molecule has 3 N–H and O–H groups in total. The lowest BCUT2D eigenvalue weighted by Gasteiger charge is -2.36. The third-order valence-corrected chi connectivity index (χ3v) is 5.27. The molecule has 30 heavy (non-hydrogen) atoms. The number of carbonyl (C=O) groups excluding carboxylic acids is 2. The number of rotatable bonds is 6. The zero-order valence-corrected chi connectivity index (χ0v) is 19.4. The number of carbonyl (C=O) groups is 2. The summed E-state index contributed by atoms with van der Waals surface area (Å²) in [6, 6.07) is 2.69. The number of halogens is 1. The molecule has 1 aromatic rings. The highest BCUT2D eigenvalue weighted by Crippen LogP contribution is 2.38. The van der Waals surface area contributed by atoms with E-state index in [1.807, 2.05) is 20.8 Å². The molecule has 1 heterocycles. The Balaban J connectivity index is 0.00000450. The third-order valence-electron chi connectivity index (χ3n) is 5.27. The molecule has 9 heteroatoms. The van der Waals surface area contributed by atoms with Gasteiger partial charge in [0, 0.05) is 24.7 Å². The Morgan fingerprint density at radius 3 is 1.97 bits per heavy atom. The van der Waals surface area contributed by atoms with Gasteiger partial charge in [-0.1, -0.05) is 20.8 Å². The van der Waals surface area contributed by atoms with Crippen LogP contribution in [0.1, 0.15) is 44.0 Å². The molecule has 1 unspecified atom stereocenters. The monoisotopic (exact) mass is 443 g/mol. The predicted octanol–water partition coefficient (Wildman–Crippen LogP) is 2.23. The highest BCUT2D eigenvalue weighted by Gasteiger charge is 2.33. The van der Waals surface area contributed by atoms with Crippen molar-refractivity contribution in [3.63, 3.8) is 0 Å². The second-order valence-electron chi connectivity index (χ2n) is 8.33. The molecule has 1 saturated heterocycles. The van der Waals surface area contributed by atoms with E-state index in [4.69, 9.17) is 19.9 Å². The zero-order valence-electron chi connectivity index (χ0n) is 18.6. The molecular formula is C21H34ClN3O5. The van der Waals surface area contributed by atoms with Gasteiger partial charge >= 0.3 is 0 Å². The van der Waals surface area contributed by atoms with Crippen molar-refractivity contribution in [1.29, 1.82) is 0 Å². The van der Waals surface area contributed by atoms with Gasteiger partial charge in [0.15, 0.2) is 11.5 Å². The van der Waals surface area contributed by atoms with Crippen LogP contribution in [0.5, 0.6) is 17.2 Å². The van der Waals surface area contributed by atoms with Gasteiger partial charge in [-0.25, -0.2) is 0 Å². The standard InChI is InChI=1S/C21H33N3O5.ClH/c1-21(2,3)18(22)20(26)24-9-7-14(8-10-24)23-19(25)13-11-15(27-4)17(29-6)16(12-13)28-5;/h11-12,14,18H,7-10,22H2,1-6H3,(H,23,25);1H. The lowest BCUT2D eigenvalue weighted by atomic mass is 9.86. The summed E-state index contributed by atoms with van der Waals surface area (Å²) in [5, 5.41) is 3.03. The molecule has 0 saturated carbocycles. The second-order valence-corrected chi connectivity index (χ2v) is 8.33. The lowest BCUT2D eigenvalue weighted by molar-refractivity contribution is -0.136. The first-order valence-electron chi connectivity index (χ1n) is 9.77. The van der Waals surface area contributed by atoms with Crippen molar-refractivity contribution in [2.75, 3.05) is 34.4 Å². The first kappa shape index (κ1) is 25.8. The largest absolute Gasteiger partial charge is 0.493 e. The number of benzene rings is 1. The van der Waals surface area contributed by atoms with Gasteiger partial charge in [0.1, 0.15) is 0 Å². The maximum absolute atomic E-state index is 12.7. The Labute approximate surface area is 184 Å². The third kappa shape index (κ3) is 5.92. The van der Waals surface area contributed by atoms with Crippen LogP contribution < -0.4 is 25.3 Å². The van der Waals surface area contributed by atoms with E-state index in [1.54, 1.807) is 17.0 Å². The van der Waals surface area contributed by atoms with Crippen LogP contribution in [0.25, 0.3) is 0 Å². The lowest BCUT2D eigenvalue weighted by Crippen LogP contribution is -2.54. The smallest absolute Gasteiger partial charge is 0.251 e. The minimum Gasteiger partial charge on any atom is -0.493 e. The number of hydrogen-bond acceptors (Lipinski definition) is 6. The molecule has 0 bridgehead atoms. The molecular weight excluding hydrogens is 410 g/mol. The summed E-state index contributed by atoms with van der Waals surface area (Å²) in [6.45, 7) is 7.02. The number of nitrogens with one attached hydrogen (secondary N) is 1. The van der Waals surface area contributed by atoms with Crippen molar-refractivity contribution < 1.29 is 23.8 Å². The van der Waals surface area contributed by atoms with E-state index >= 15 is 0 Å². The normalized spacial score (nSPS) is 15.6. The van der Waals surface area contributed by atoms with Gasteiger partial charge in [0.05, 0.1) is 27.4 Å². The van der Waals surface area contributed by atoms with E-state index < -0.39 is 6.04 Å².